The molecule has 0 aromatic carbocycles. The molecule has 2 unspecified atom stereocenters. The fourth-order valence-electron chi connectivity index (χ4n) is 1.99. The van der Waals surface area contributed by atoms with E-state index in [1.165, 1.54) is 28.4 Å². The Balaban J connectivity index is 4.73. The molecular formula is C12H24O6Si. The molecule has 0 amide bonds. The Hall–Kier alpha value is -0.763. The Morgan fingerprint density at radius 1 is 1.16 bits per heavy atom. The standard InChI is InChI=1S/C12H24O6Si/c1-10(6-8-13)11(12(14)15-2)7-9-19(16-3,17-4)18-5/h8,10-11H,6-7,9H2,1-5H3. The van der Waals surface area contributed by atoms with Gasteiger partial charge in [0.15, 0.2) is 0 Å². The third kappa shape index (κ3) is 5.39. The molecular weight excluding hydrogens is 268 g/mol. The average Bonchev–Trinajstić information content (AvgIpc) is 2.44. The zero-order valence-electron chi connectivity index (χ0n) is 12.3. The molecule has 0 heterocycles. The van der Waals surface area contributed by atoms with E-state index in [-0.39, 0.29) is 17.8 Å². The highest BCUT2D eigenvalue weighted by Gasteiger charge is 2.40. The number of carbonyl (C=O) groups is 2. The van der Waals surface area contributed by atoms with Gasteiger partial charge in [-0.3, -0.25) is 4.79 Å². The third-order valence-electron chi connectivity index (χ3n) is 3.35. The molecule has 0 aliphatic heterocycles. The molecule has 7 heteroatoms. The molecule has 0 saturated carbocycles. The molecule has 0 fully saturated rings. The van der Waals surface area contributed by atoms with Crippen molar-refractivity contribution in [3.63, 3.8) is 0 Å². The Morgan fingerprint density at radius 3 is 2.05 bits per heavy atom. The molecule has 0 bridgehead atoms. The number of hydrogen-bond acceptors (Lipinski definition) is 6. The van der Waals surface area contributed by atoms with Gasteiger partial charge in [-0.05, 0) is 12.3 Å². The lowest BCUT2D eigenvalue weighted by Gasteiger charge is -2.27. The summed E-state index contributed by atoms with van der Waals surface area (Å²) < 4.78 is 20.7. The van der Waals surface area contributed by atoms with Gasteiger partial charge in [0, 0.05) is 33.8 Å². The van der Waals surface area contributed by atoms with Gasteiger partial charge in [0.1, 0.15) is 6.29 Å². The fraction of sp³-hybridized carbons (Fsp3) is 0.833. The van der Waals surface area contributed by atoms with E-state index in [0.717, 1.165) is 6.29 Å². The second-order valence-electron chi connectivity index (χ2n) is 4.34. The first-order valence-electron chi connectivity index (χ1n) is 6.17. The summed E-state index contributed by atoms with van der Waals surface area (Å²) >= 11 is 0. The monoisotopic (exact) mass is 292 g/mol. The van der Waals surface area contributed by atoms with Crippen LogP contribution >= 0.6 is 0 Å². The van der Waals surface area contributed by atoms with Gasteiger partial charge in [0.05, 0.1) is 13.0 Å². The molecule has 0 aromatic rings. The Morgan fingerprint density at radius 2 is 1.68 bits per heavy atom. The van der Waals surface area contributed by atoms with Crippen molar-refractivity contribution < 1.29 is 27.6 Å². The molecule has 0 aliphatic carbocycles. The van der Waals surface area contributed by atoms with Gasteiger partial charge >= 0.3 is 14.8 Å². The molecule has 6 nitrogen and oxygen atoms in total. The van der Waals surface area contributed by atoms with Gasteiger partial charge in [0.25, 0.3) is 0 Å². The summed E-state index contributed by atoms with van der Waals surface area (Å²) in [4.78, 5) is 22.3. The molecule has 0 radical (unpaired) electrons. The first-order valence-corrected chi connectivity index (χ1v) is 8.10. The van der Waals surface area contributed by atoms with E-state index in [2.05, 4.69) is 0 Å². The van der Waals surface area contributed by atoms with Crippen molar-refractivity contribution in [2.45, 2.75) is 25.8 Å². The van der Waals surface area contributed by atoms with Crippen molar-refractivity contribution in [3.8, 4) is 0 Å². The first-order chi connectivity index (χ1) is 9.00. The van der Waals surface area contributed by atoms with Crippen molar-refractivity contribution >= 4 is 21.1 Å². The summed E-state index contributed by atoms with van der Waals surface area (Å²) in [7, 11) is 3.23. The third-order valence-corrected chi connectivity index (χ3v) is 6.12. The minimum absolute atomic E-state index is 0.0813. The van der Waals surface area contributed by atoms with E-state index in [1.807, 2.05) is 6.92 Å². The van der Waals surface area contributed by atoms with Crippen molar-refractivity contribution in [2.75, 3.05) is 28.4 Å². The maximum absolute atomic E-state index is 11.8. The smallest absolute Gasteiger partial charge is 0.469 e. The molecule has 0 spiro atoms. The lowest BCUT2D eigenvalue weighted by atomic mass is 9.89. The number of esters is 1. The minimum Gasteiger partial charge on any atom is -0.469 e. The predicted molar refractivity (Wildman–Crippen MR) is 71.6 cm³/mol. The molecule has 19 heavy (non-hydrogen) atoms. The predicted octanol–water partition coefficient (Wildman–Crippen LogP) is 1.27. The first kappa shape index (κ1) is 18.2. The van der Waals surface area contributed by atoms with Crippen LogP contribution in [-0.2, 0) is 27.6 Å². The maximum atomic E-state index is 11.8. The van der Waals surface area contributed by atoms with E-state index in [0.29, 0.717) is 18.9 Å². The van der Waals surface area contributed by atoms with Gasteiger partial charge < -0.3 is 22.8 Å². The fourth-order valence-corrected chi connectivity index (χ4v) is 3.77. The summed E-state index contributed by atoms with van der Waals surface area (Å²) in [5, 5.41) is 0. The van der Waals surface area contributed by atoms with Crippen LogP contribution in [0, 0.1) is 11.8 Å². The van der Waals surface area contributed by atoms with Crippen LogP contribution < -0.4 is 0 Å². The number of rotatable bonds is 10. The van der Waals surface area contributed by atoms with Gasteiger partial charge in [0.2, 0.25) is 0 Å². The molecule has 0 saturated heterocycles. The number of hydrogen-bond donors (Lipinski definition) is 0. The van der Waals surface area contributed by atoms with E-state index < -0.39 is 8.80 Å². The summed E-state index contributed by atoms with van der Waals surface area (Å²) in [6.07, 6.45) is 1.64. The largest absolute Gasteiger partial charge is 0.500 e. The normalized spacial score (nSPS) is 14.8. The van der Waals surface area contributed by atoms with Crippen LogP contribution in [-0.4, -0.2) is 49.5 Å². The Kier molecular flexibility index (Phi) is 8.82. The number of ether oxygens (including phenoxy) is 1. The topological polar surface area (TPSA) is 71.1 Å². The Bertz CT molecular complexity index is 271. The van der Waals surface area contributed by atoms with Crippen molar-refractivity contribution in [1.82, 2.24) is 0 Å². The number of methoxy groups -OCH3 is 1. The average molecular weight is 292 g/mol. The van der Waals surface area contributed by atoms with Crippen LogP contribution in [0.2, 0.25) is 6.04 Å². The number of carbonyl (C=O) groups excluding carboxylic acids is 2. The van der Waals surface area contributed by atoms with Crippen molar-refractivity contribution in [3.05, 3.63) is 0 Å². The molecule has 0 N–H and O–H groups in total. The van der Waals surface area contributed by atoms with Crippen LogP contribution in [0.4, 0.5) is 0 Å². The van der Waals surface area contributed by atoms with Crippen LogP contribution in [0.25, 0.3) is 0 Å². The molecule has 0 aromatic heterocycles. The lowest BCUT2D eigenvalue weighted by molar-refractivity contribution is -0.147. The maximum Gasteiger partial charge on any atom is 0.500 e. The van der Waals surface area contributed by atoms with E-state index in [4.69, 9.17) is 18.0 Å². The van der Waals surface area contributed by atoms with Gasteiger partial charge in [-0.15, -0.1) is 0 Å². The van der Waals surface area contributed by atoms with Gasteiger partial charge in [-0.1, -0.05) is 6.92 Å². The summed E-state index contributed by atoms with van der Waals surface area (Å²) in [6.45, 7) is 1.85. The van der Waals surface area contributed by atoms with E-state index in [9.17, 15) is 9.59 Å². The zero-order chi connectivity index (χ0) is 14.9. The minimum atomic E-state index is -2.70. The highest BCUT2D eigenvalue weighted by atomic mass is 28.4. The number of aldehydes is 1. The molecule has 112 valence electrons. The van der Waals surface area contributed by atoms with Crippen molar-refractivity contribution in [2.24, 2.45) is 11.8 Å². The van der Waals surface area contributed by atoms with Gasteiger partial charge in [-0.25, -0.2) is 0 Å². The Labute approximate surface area is 115 Å². The summed E-state index contributed by atoms with van der Waals surface area (Å²) in [5.74, 6) is -0.759. The molecule has 0 rings (SSSR count). The summed E-state index contributed by atoms with van der Waals surface area (Å²) in [6, 6.07) is 0.499. The van der Waals surface area contributed by atoms with Crippen LogP contribution in [0.3, 0.4) is 0 Å². The van der Waals surface area contributed by atoms with Gasteiger partial charge in [-0.2, -0.15) is 0 Å². The van der Waals surface area contributed by atoms with E-state index >= 15 is 0 Å². The van der Waals surface area contributed by atoms with Crippen LogP contribution in [0.5, 0.6) is 0 Å². The second-order valence-corrected chi connectivity index (χ2v) is 7.43. The molecule has 0 aliphatic rings. The van der Waals surface area contributed by atoms with E-state index in [1.54, 1.807) is 0 Å². The van der Waals surface area contributed by atoms with Crippen LogP contribution in [0.15, 0.2) is 0 Å². The second kappa shape index (κ2) is 9.19. The van der Waals surface area contributed by atoms with Crippen molar-refractivity contribution in [1.29, 1.82) is 0 Å². The zero-order valence-corrected chi connectivity index (χ0v) is 13.3. The summed E-state index contributed by atoms with van der Waals surface area (Å²) in [5.41, 5.74) is 0. The van der Waals surface area contributed by atoms with Crippen LogP contribution in [0.1, 0.15) is 19.8 Å². The highest BCUT2D eigenvalue weighted by Crippen LogP contribution is 2.26. The molecule has 2 atom stereocenters. The highest BCUT2D eigenvalue weighted by molar-refractivity contribution is 6.60. The lowest BCUT2D eigenvalue weighted by Crippen LogP contribution is -2.43. The quantitative estimate of drug-likeness (QED) is 0.343. The SMILES string of the molecule is COC(=O)C(CC[Si](OC)(OC)OC)C(C)CC=O.